The van der Waals surface area contributed by atoms with Gasteiger partial charge in [0, 0.05) is 6.20 Å². The predicted molar refractivity (Wildman–Crippen MR) is 61.6 cm³/mol. The SMILES string of the molecule is Cl.Cl.OC1(Cn2ccnn2)CCNCC1. The second-order valence-corrected chi connectivity index (χ2v) is 3.57. The monoisotopic (exact) mass is 254 g/mol. The fourth-order valence-electron chi connectivity index (χ4n) is 1.67. The number of hydrogen-bond acceptors (Lipinski definition) is 4. The minimum absolute atomic E-state index is 0. The summed E-state index contributed by atoms with van der Waals surface area (Å²) < 4.78 is 1.69. The fourth-order valence-corrected chi connectivity index (χ4v) is 1.67. The van der Waals surface area contributed by atoms with Gasteiger partial charge < -0.3 is 10.4 Å². The number of nitrogens with one attached hydrogen (secondary N) is 1. The molecule has 0 aromatic carbocycles. The minimum Gasteiger partial charge on any atom is -0.388 e. The molecule has 88 valence electrons. The second-order valence-electron chi connectivity index (χ2n) is 3.57. The fraction of sp³-hybridized carbons (Fsp3) is 0.750. The molecule has 0 unspecified atom stereocenters. The molecule has 0 amide bonds. The van der Waals surface area contributed by atoms with Crippen molar-refractivity contribution in [3.8, 4) is 0 Å². The quantitative estimate of drug-likeness (QED) is 0.794. The normalized spacial score (nSPS) is 18.7. The van der Waals surface area contributed by atoms with Gasteiger partial charge >= 0.3 is 0 Å². The van der Waals surface area contributed by atoms with Crippen molar-refractivity contribution < 1.29 is 5.11 Å². The van der Waals surface area contributed by atoms with Crippen LogP contribution in [0.1, 0.15) is 12.8 Å². The van der Waals surface area contributed by atoms with E-state index in [2.05, 4.69) is 15.6 Å². The van der Waals surface area contributed by atoms with Gasteiger partial charge in [-0.25, -0.2) is 4.68 Å². The lowest BCUT2D eigenvalue weighted by molar-refractivity contribution is -0.00864. The average Bonchev–Trinajstić information content (AvgIpc) is 2.57. The maximum Gasteiger partial charge on any atom is 0.0867 e. The molecule has 2 N–H and O–H groups in total. The Morgan fingerprint density at radius 1 is 1.33 bits per heavy atom. The van der Waals surface area contributed by atoms with Crippen molar-refractivity contribution in [2.45, 2.75) is 25.0 Å². The molecule has 0 saturated carbocycles. The third-order valence-electron chi connectivity index (χ3n) is 2.46. The third kappa shape index (κ3) is 3.95. The zero-order valence-corrected chi connectivity index (χ0v) is 9.93. The van der Waals surface area contributed by atoms with E-state index in [0.717, 1.165) is 25.9 Å². The maximum absolute atomic E-state index is 10.1. The van der Waals surface area contributed by atoms with Crippen LogP contribution in [-0.2, 0) is 6.54 Å². The molecule has 0 bridgehead atoms. The van der Waals surface area contributed by atoms with Crippen LogP contribution in [0.4, 0.5) is 0 Å². The van der Waals surface area contributed by atoms with E-state index in [9.17, 15) is 5.11 Å². The maximum atomic E-state index is 10.1. The number of rotatable bonds is 2. The summed E-state index contributed by atoms with van der Waals surface area (Å²) in [6.07, 6.45) is 4.98. The first-order valence-corrected chi connectivity index (χ1v) is 4.56. The Balaban J connectivity index is 0.000000980. The van der Waals surface area contributed by atoms with Crippen LogP contribution < -0.4 is 5.32 Å². The highest BCUT2D eigenvalue weighted by Crippen LogP contribution is 2.19. The van der Waals surface area contributed by atoms with E-state index in [-0.39, 0.29) is 24.8 Å². The van der Waals surface area contributed by atoms with Crippen LogP contribution in [-0.4, -0.2) is 38.8 Å². The molecule has 0 spiro atoms. The van der Waals surface area contributed by atoms with Crippen molar-refractivity contribution in [2.24, 2.45) is 0 Å². The Morgan fingerprint density at radius 2 is 2.00 bits per heavy atom. The summed E-state index contributed by atoms with van der Waals surface area (Å²) in [7, 11) is 0. The van der Waals surface area contributed by atoms with Gasteiger partial charge in [-0.15, -0.1) is 29.9 Å². The highest BCUT2D eigenvalue weighted by molar-refractivity contribution is 5.85. The lowest BCUT2D eigenvalue weighted by atomic mass is 9.92. The van der Waals surface area contributed by atoms with Gasteiger partial charge in [-0.3, -0.25) is 0 Å². The van der Waals surface area contributed by atoms with Crippen molar-refractivity contribution in [2.75, 3.05) is 13.1 Å². The summed E-state index contributed by atoms with van der Waals surface area (Å²) >= 11 is 0. The number of nitrogens with zero attached hydrogens (tertiary/aromatic N) is 3. The van der Waals surface area contributed by atoms with Crippen molar-refractivity contribution >= 4 is 24.8 Å². The van der Waals surface area contributed by atoms with Gasteiger partial charge in [-0.1, -0.05) is 5.21 Å². The number of halogens is 2. The van der Waals surface area contributed by atoms with Crippen molar-refractivity contribution in [3.05, 3.63) is 12.4 Å². The number of piperidine rings is 1. The van der Waals surface area contributed by atoms with E-state index in [1.807, 2.05) is 0 Å². The van der Waals surface area contributed by atoms with Gasteiger partial charge in [0.25, 0.3) is 0 Å². The molecular weight excluding hydrogens is 239 g/mol. The summed E-state index contributed by atoms with van der Waals surface area (Å²) in [5.74, 6) is 0. The Hall–Kier alpha value is -0.360. The van der Waals surface area contributed by atoms with E-state index in [0.29, 0.717) is 6.54 Å². The Kier molecular flexibility index (Phi) is 6.12. The molecule has 0 aliphatic carbocycles. The second kappa shape index (κ2) is 6.27. The Morgan fingerprint density at radius 3 is 2.53 bits per heavy atom. The molecule has 7 heteroatoms. The number of aliphatic hydroxyl groups is 1. The van der Waals surface area contributed by atoms with Crippen LogP contribution in [0.3, 0.4) is 0 Å². The molecule has 1 aromatic heterocycles. The van der Waals surface area contributed by atoms with Crippen LogP contribution in [0.2, 0.25) is 0 Å². The summed E-state index contributed by atoms with van der Waals surface area (Å²) in [6, 6.07) is 0. The van der Waals surface area contributed by atoms with E-state index in [1.165, 1.54) is 0 Å². The first-order chi connectivity index (χ1) is 6.29. The molecule has 1 aromatic rings. The van der Waals surface area contributed by atoms with Gasteiger partial charge in [0.1, 0.15) is 0 Å². The summed E-state index contributed by atoms with van der Waals surface area (Å²) in [5, 5.41) is 20.9. The topological polar surface area (TPSA) is 63.0 Å². The van der Waals surface area contributed by atoms with Crippen molar-refractivity contribution in [1.82, 2.24) is 20.3 Å². The summed E-state index contributed by atoms with van der Waals surface area (Å²) in [5.41, 5.74) is -0.598. The highest BCUT2D eigenvalue weighted by atomic mass is 35.5. The highest BCUT2D eigenvalue weighted by Gasteiger charge is 2.29. The molecular formula is C8H16Cl2N4O. The smallest absolute Gasteiger partial charge is 0.0867 e. The third-order valence-corrected chi connectivity index (χ3v) is 2.46. The van der Waals surface area contributed by atoms with Gasteiger partial charge in [0.2, 0.25) is 0 Å². The van der Waals surface area contributed by atoms with E-state index in [4.69, 9.17) is 0 Å². The van der Waals surface area contributed by atoms with Gasteiger partial charge in [-0.2, -0.15) is 0 Å². The largest absolute Gasteiger partial charge is 0.388 e. The number of aromatic nitrogens is 3. The van der Waals surface area contributed by atoms with Crippen molar-refractivity contribution in [3.63, 3.8) is 0 Å². The van der Waals surface area contributed by atoms with Gasteiger partial charge in [-0.05, 0) is 25.9 Å². The zero-order valence-electron chi connectivity index (χ0n) is 8.30. The average molecular weight is 255 g/mol. The molecule has 2 rings (SSSR count). The Labute approximate surface area is 101 Å². The lowest BCUT2D eigenvalue weighted by Gasteiger charge is -2.32. The molecule has 1 aliphatic rings. The van der Waals surface area contributed by atoms with Crippen LogP contribution in [0.25, 0.3) is 0 Å². The molecule has 1 saturated heterocycles. The predicted octanol–water partition coefficient (Wildman–Crippen LogP) is 0.236. The van der Waals surface area contributed by atoms with E-state index >= 15 is 0 Å². The first kappa shape index (κ1) is 14.6. The molecule has 2 heterocycles. The molecule has 0 radical (unpaired) electrons. The van der Waals surface area contributed by atoms with Crippen LogP contribution in [0, 0.1) is 0 Å². The van der Waals surface area contributed by atoms with Gasteiger partial charge in [0.05, 0.1) is 18.3 Å². The first-order valence-electron chi connectivity index (χ1n) is 4.56. The molecule has 5 nitrogen and oxygen atoms in total. The Bertz CT molecular complexity index is 262. The van der Waals surface area contributed by atoms with E-state index in [1.54, 1.807) is 17.1 Å². The molecule has 1 fully saturated rings. The van der Waals surface area contributed by atoms with Crippen molar-refractivity contribution in [1.29, 1.82) is 0 Å². The van der Waals surface area contributed by atoms with Crippen LogP contribution in [0.15, 0.2) is 12.4 Å². The summed E-state index contributed by atoms with van der Waals surface area (Å²) in [6.45, 7) is 2.31. The lowest BCUT2D eigenvalue weighted by Crippen LogP contribution is -2.44. The molecule has 0 atom stereocenters. The van der Waals surface area contributed by atoms with E-state index < -0.39 is 5.60 Å². The summed E-state index contributed by atoms with van der Waals surface area (Å²) in [4.78, 5) is 0. The molecule has 15 heavy (non-hydrogen) atoms. The molecule has 1 aliphatic heterocycles. The standard InChI is InChI=1S/C8H14N4O.2ClH/c13-8(1-3-9-4-2-8)7-12-6-5-10-11-12;;/h5-6,9,13H,1-4,7H2;2*1H. The zero-order chi connectivity index (χ0) is 9.15. The van der Waals surface area contributed by atoms with Gasteiger partial charge in [0.15, 0.2) is 0 Å². The van der Waals surface area contributed by atoms with Crippen LogP contribution >= 0.6 is 24.8 Å². The van der Waals surface area contributed by atoms with Crippen LogP contribution in [0.5, 0.6) is 0 Å². The number of hydrogen-bond donors (Lipinski definition) is 2. The minimum atomic E-state index is -0.598.